The SMILES string of the molecule is CCOC(=O)/C=C(\C)NC(=O)CC(c1ccccc1)c1ccccc1. The lowest BCUT2D eigenvalue weighted by atomic mass is 9.88. The van der Waals surface area contributed by atoms with Gasteiger partial charge < -0.3 is 10.1 Å². The molecule has 0 aromatic heterocycles. The first-order valence-electron chi connectivity index (χ1n) is 8.35. The van der Waals surface area contributed by atoms with E-state index in [2.05, 4.69) is 5.32 Å². The zero-order chi connectivity index (χ0) is 18.1. The van der Waals surface area contributed by atoms with Crippen LogP contribution in [-0.4, -0.2) is 18.5 Å². The molecule has 0 radical (unpaired) electrons. The van der Waals surface area contributed by atoms with Gasteiger partial charge in [-0.25, -0.2) is 4.79 Å². The van der Waals surface area contributed by atoms with Gasteiger partial charge in [-0.05, 0) is 25.0 Å². The van der Waals surface area contributed by atoms with E-state index in [4.69, 9.17) is 4.74 Å². The van der Waals surface area contributed by atoms with Gasteiger partial charge in [-0.2, -0.15) is 0 Å². The van der Waals surface area contributed by atoms with Gasteiger partial charge in [-0.3, -0.25) is 4.79 Å². The predicted octanol–water partition coefficient (Wildman–Crippen LogP) is 3.79. The van der Waals surface area contributed by atoms with Crippen LogP contribution in [0, 0.1) is 0 Å². The van der Waals surface area contributed by atoms with Crippen molar-refractivity contribution in [3.05, 3.63) is 83.6 Å². The van der Waals surface area contributed by atoms with Crippen molar-refractivity contribution in [3.63, 3.8) is 0 Å². The van der Waals surface area contributed by atoms with Gasteiger partial charge in [-0.15, -0.1) is 0 Å². The van der Waals surface area contributed by atoms with E-state index in [-0.39, 0.29) is 11.8 Å². The van der Waals surface area contributed by atoms with E-state index in [0.29, 0.717) is 18.7 Å². The Hall–Kier alpha value is -2.88. The average Bonchev–Trinajstić information content (AvgIpc) is 2.61. The Kier molecular flexibility index (Phi) is 6.96. The quantitative estimate of drug-likeness (QED) is 0.618. The molecule has 0 saturated heterocycles. The summed E-state index contributed by atoms with van der Waals surface area (Å²) in [6.07, 6.45) is 1.59. The number of carbonyl (C=O) groups excluding carboxylic acids is 2. The minimum Gasteiger partial charge on any atom is -0.463 e. The van der Waals surface area contributed by atoms with Crippen LogP contribution < -0.4 is 5.32 Å². The maximum absolute atomic E-state index is 12.4. The molecule has 2 aromatic carbocycles. The molecular formula is C21H23NO3. The molecule has 0 aliphatic rings. The Morgan fingerprint density at radius 1 is 1.00 bits per heavy atom. The summed E-state index contributed by atoms with van der Waals surface area (Å²) in [7, 11) is 0. The standard InChI is InChI=1S/C21H23NO3/c1-3-25-21(24)14-16(2)22-20(23)15-19(17-10-6-4-7-11-17)18-12-8-5-9-13-18/h4-14,19H,3,15H2,1-2H3,(H,22,23)/b16-14+. The number of rotatable bonds is 7. The van der Waals surface area contributed by atoms with E-state index in [1.807, 2.05) is 60.7 Å². The Balaban J connectivity index is 2.12. The minimum absolute atomic E-state index is 0.0437. The largest absolute Gasteiger partial charge is 0.463 e. The summed E-state index contributed by atoms with van der Waals surface area (Å²) >= 11 is 0. The van der Waals surface area contributed by atoms with E-state index in [0.717, 1.165) is 11.1 Å². The molecule has 0 spiro atoms. The van der Waals surface area contributed by atoms with Crippen LogP contribution in [0.2, 0.25) is 0 Å². The molecule has 0 atom stereocenters. The van der Waals surface area contributed by atoms with Gasteiger partial charge in [0.05, 0.1) is 6.61 Å². The van der Waals surface area contributed by atoms with Crippen LogP contribution in [0.3, 0.4) is 0 Å². The zero-order valence-corrected chi connectivity index (χ0v) is 14.6. The van der Waals surface area contributed by atoms with E-state index in [9.17, 15) is 9.59 Å². The lowest BCUT2D eigenvalue weighted by molar-refractivity contribution is -0.137. The highest BCUT2D eigenvalue weighted by molar-refractivity contribution is 5.85. The summed E-state index contributed by atoms with van der Waals surface area (Å²) in [4.78, 5) is 23.9. The third kappa shape index (κ3) is 5.92. The van der Waals surface area contributed by atoms with E-state index < -0.39 is 5.97 Å². The van der Waals surface area contributed by atoms with Gasteiger partial charge in [0.15, 0.2) is 0 Å². The Labute approximate surface area is 148 Å². The molecule has 0 heterocycles. The van der Waals surface area contributed by atoms with Crippen molar-refractivity contribution in [1.82, 2.24) is 5.32 Å². The van der Waals surface area contributed by atoms with Crippen LogP contribution in [0.25, 0.3) is 0 Å². The molecule has 130 valence electrons. The zero-order valence-electron chi connectivity index (χ0n) is 14.6. The molecule has 2 aromatic rings. The van der Waals surface area contributed by atoms with Gasteiger partial charge in [0.1, 0.15) is 0 Å². The molecule has 1 N–H and O–H groups in total. The van der Waals surface area contributed by atoms with Crippen molar-refractivity contribution in [3.8, 4) is 0 Å². The Morgan fingerprint density at radius 3 is 2.00 bits per heavy atom. The van der Waals surface area contributed by atoms with Gasteiger partial charge in [0, 0.05) is 24.1 Å². The summed E-state index contributed by atoms with van der Waals surface area (Å²) in [5.41, 5.74) is 2.63. The van der Waals surface area contributed by atoms with Crippen LogP contribution in [0.4, 0.5) is 0 Å². The van der Waals surface area contributed by atoms with Crippen LogP contribution in [0.15, 0.2) is 72.4 Å². The lowest BCUT2D eigenvalue weighted by Crippen LogP contribution is -2.24. The van der Waals surface area contributed by atoms with Gasteiger partial charge in [-0.1, -0.05) is 60.7 Å². The molecule has 0 saturated carbocycles. The monoisotopic (exact) mass is 337 g/mol. The number of esters is 1. The van der Waals surface area contributed by atoms with Gasteiger partial charge in [0.2, 0.25) is 5.91 Å². The first kappa shape index (κ1) is 18.5. The second kappa shape index (κ2) is 9.42. The van der Waals surface area contributed by atoms with Crippen molar-refractivity contribution in [2.24, 2.45) is 0 Å². The molecule has 4 heteroatoms. The fourth-order valence-corrected chi connectivity index (χ4v) is 2.65. The van der Waals surface area contributed by atoms with Crippen LogP contribution >= 0.6 is 0 Å². The number of ether oxygens (including phenoxy) is 1. The van der Waals surface area contributed by atoms with Crippen LogP contribution in [0.5, 0.6) is 0 Å². The Bertz CT molecular complexity index is 684. The molecule has 25 heavy (non-hydrogen) atoms. The van der Waals surface area contributed by atoms with Gasteiger partial charge >= 0.3 is 5.97 Å². The first-order chi connectivity index (χ1) is 12.1. The van der Waals surface area contributed by atoms with Crippen molar-refractivity contribution < 1.29 is 14.3 Å². The van der Waals surface area contributed by atoms with Crippen LogP contribution in [0.1, 0.15) is 37.3 Å². The van der Waals surface area contributed by atoms with E-state index in [1.54, 1.807) is 13.8 Å². The highest BCUT2D eigenvalue weighted by Crippen LogP contribution is 2.27. The normalized spacial score (nSPS) is 11.2. The number of allylic oxidation sites excluding steroid dienone is 1. The molecule has 0 aliphatic carbocycles. The van der Waals surface area contributed by atoms with Crippen LogP contribution in [-0.2, 0) is 14.3 Å². The molecule has 0 unspecified atom stereocenters. The van der Waals surface area contributed by atoms with E-state index in [1.165, 1.54) is 6.08 Å². The number of carbonyl (C=O) groups is 2. The fourth-order valence-electron chi connectivity index (χ4n) is 2.65. The highest BCUT2D eigenvalue weighted by Gasteiger charge is 2.18. The molecule has 4 nitrogen and oxygen atoms in total. The highest BCUT2D eigenvalue weighted by atomic mass is 16.5. The lowest BCUT2D eigenvalue weighted by Gasteiger charge is -2.18. The number of nitrogens with one attached hydrogen (secondary N) is 1. The molecule has 1 amide bonds. The number of amides is 1. The minimum atomic E-state index is -0.456. The third-order valence-electron chi connectivity index (χ3n) is 3.75. The van der Waals surface area contributed by atoms with Crippen molar-refractivity contribution in [1.29, 1.82) is 0 Å². The average molecular weight is 337 g/mol. The molecule has 0 bridgehead atoms. The fraction of sp³-hybridized carbons (Fsp3) is 0.238. The topological polar surface area (TPSA) is 55.4 Å². The Morgan fingerprint density at radius 2 is 1.52 bits per heavy atom. The molecule has 2 rings (SSSR count). The van der Waals surface area contributed by atoms with Crippen molar-refractivity contribution in [2.45, 2.75) is 26.2 Å². The second-order valence-electron chi connectivity index (χ2n) is 5.71. The summed E-state index contributed by atoms with van der Waals surface area (Å²) in [5.74, 6) is -0.642. The van der Waals surface area contributed by atoms with Gasteiger partial charge in [0.25, 0.3) is 0 Å². The number of hydrogen-bond donors (Lipinski definition) is 1. The first-order valence-corrected chi connectivity index (χ1v) is 8.35. The van der Waals surface area contributed by atoms with Crippen molar-refractivity contribution in [2.75, 3.05) is 6.61 Å². The van der Waals surface area contributed by atoms with Crippen molar-refractivity contribution >= 4 is 11.9 Å². The molecule has 0 fully saturated rings. The maximum Gasteiger partial charge on any atom is 0.332 e. The van der Waals surface area contributed by atoms with E-state index >= 15 is 0 Å². The third-order valence-corrected chi connectivity index (χ3v) is 3.75. The maximum atomic E-state index is 12.4. The predicted molar refractivity (Wildman–Crippen MR) is 97.9 cm³/mol. The summed E-state index contributed by atoms with van der Waals surface area (Å²) in [6, 6.07) is 19.9. The summed E-state index contributed by atoms with van der Waals surface area (Å²) < 4.78 is 4.85. The summed E-state index contributed by atoms with van der Waals surface area (Å²) in [6.45, 7) is 3.72. The second-order valence-corrected chi connectivity index (χ2v) is 5.71. The summed E-state index contributed by atoms with van der Waals surface area (Å²) in [5, 5.41) is 2.76. The number of benzene rings is 2. The molecular weight excluding hydrogens is 314 g/mol. The smallest absolute Gasteiger partial charge is 0.332 e. The molecule has 0 aliphatic heterocycles. The number of hydrogen-bond acceptors (Lipinski definition) is 3.